The number of aromatic nitrogens is 2. The van der Waals surface area contributed by atoms with Crippen molar-refractivity contribution in [1.29, 1.82) is 0 Å². The molecular weight excluding hydrogens is 268 g/mol. The summed E-state index contributed by atoms with van der Waals surface area (Å²) in [4.78, 5) is 11.3. The van der Waals surface area contributed by atoms with Gasteiger partial charge in [-0.3, -0.25) is 5.10 Å². The molecule has 17 heavy (non-hydrogen) atoms. The van der Waals surface area contributed by atoms with E-state index in [1.807, 2.05) is 6.92 Å². The fourth-order valence-electron chi connectivity index (χ4n) is 1.27. The molecule has 0 unspecified atom stereocenters. The van der Waals surface area contributed by atoms with Crippen molar-refractivity contribution < 1.29 is 17.9 Å². The largest absolute Gasteiger partial charge is 0.461 e. The number of halogens is 1. The molecular formula is C9H13ClN2O4S. The number of aromatic amines is 1. The first-order valence-electron chi connectivity index (χ1n) is 5.10. The maximum atomic E-state index is 11.6. The second-order valence-electron chi connectivity index (χ2n) is 3.31. The average Bonchev–Trinajstić information content (AvgIpc) is 2.69. The zero-order chi connectivity index (χ0) is 13.1. The molecule has 0 aliphatic carbocycles. The van der Waals surface area contributed by atoms with E-state index in [0.717, 1.165) is 0 Å². The van der Waals surface area contributed by atoms with Gasteiger partial charge in [-0.15, -0.1) is 0 Å². The molecule has 1 aromatic rings. The second-order valence-corrected chi connectivity index (χ2v) is 5.81. The number of nitrogens with one attached hydrogen (secondary N) is 1. The molecule has 96 valence electrons. The Morgan fingerprint density at radius 1 is 1.47 bits per heavy atom. The molecule has 0 spiro atoms. The standard InChI is InChI=1S/C9H13ClN2O4S/c1-3-5-16-9(13)7-8(17(10,14)15)6(4-2)11-12-7/h3-5H2,1-2H3,(H,11,12). The van der Waals surface area contributed by atoms with Crippen LogP contribution < -0.4 is 0 Å². The minimum Gasteiger partial charge on any atom is -0.461 e. The lowest BCUT2D eigenvalue weighted by molar-refractivity contribution is 0.0493. The highest BCUT2D eigenvalue weighted by Crippen LogP contribution is 2.23. The third-order valence-electron chi connectivity index (χ3n) is 2.02. The molecule has 1 N–H and O–H groups in total. The van der Waals surface area contributed by atoms with Crippen LogP contribution in [0.15, 0.2) is 4.90 Å². The van der Waals surface area contributed by atoms with E-state index < -0.39 is 15.0 Å². The van der Waals surface area contributed by atoms with Gasteiger partial charge in [0.1, 0.15) is 4.90 Å². The molecule has 0 aliphatic heterocycles. The van der Waals surface area contributed by atoms with Gasteiger partial charge in [-0.2, -0.15) is 5.10 Å². The van der Waals surface area contributed by atoms with Crippen LogP contribution >= 0.6 is 10.7 Å². The van der Waals surface area contributed by atoms with Gasteiger partial charge in [0.25, 0.3) is 9.05 Å². The SMILES string of the molecule is CCCOC(=O)c1n[nH]c(CC)c1S(=O)(=O)Cl. The maximum absolute atomic E-state index is 11.6. The van der Waals surface area contributed by atoms with Crippen LogP contribution in [-0.2, 0) is 20.2 Å². The van der Waals surface area contributed by atoms with Gasteiger partial charge in [0, 0.05) is 10.7 Å². The molecule has 1 aromatic heterocycles. The highest BCUT2D eigenvalue weighted by atomic mass is 35.7. The second kappa shape index (κ2) is 5.50. The Labute approximate surface area is 104 Å². The third kappa shape index (κ3) is 3.19. The highest BCUT2D eigenvalue weighted by Gasteiger charge is 2.28. The van der Waals surface area contributed by atoms with Gasteiger partial charge in [-0.1, -0.05) is 13.8 Å². The van der Waals surface area contributed by atoms with Crippen molar-refractivity contribution in [2.45, 2.75) is 31.6 Å². The van der Waals surface area contributed by atoms with E-state index in [1.165, 1.54) is 0 Å². The molecule has 0 radical (unpaired) electrons. The van der Waals surface area contributed by atoms with E-state index >= 15 is 0 Å². The Bertz CT molecular complexity index is 509. The molecule has 0 saturated heterocycles. The van der Waals surface area contributed by atoms with Gasteiger partial charge < -0.3 is 4.74 Å². The Balaban J connectivity index is 3.17. The number of carbonyl (C=O) groups is 1. The van der Waals surface area contributed by atoms with Gasteiger partial charge in [-0.05, 0) is 12.8 Å². The number of ether oxygens (including phenoxy) is 1. The fourth-order valence-corrected chi connectivity index (χ4v) is 2.61. The molecule has 0 bridgehead atoms. The first kappa shape index (κ1) is 14.0. The minimum atomic E-state index is -4.03. The van der Waals surface area contributed by atoms with Crippen LogP contribution in [-0.4, -0.2) is 31.2 Å². The van der Waals surface area contributed by atoms with Crippen LogP contribution in [0.25, 0.3) is 0 Å². The van der Waals surface area contributed by atoms with Crippen LogP contribution in [0.5, 0.6) is 0 Å². The summed E-state index contributed by atoms with van der Waals surface area (Å²) < 4.78 is 27.6. The number of esters is 1. The number of carbonyl (C=O) groups excluding carboxylic acids is 1. The quantitative estimate of drug-likeness (QED) is 0.651. The van der Waals surface area contributed by atoms with Gasteiger partial charge in [0.2, 0.25) is 0 Å². The van der Waals surface area contributed by atoms with Crippen molar-refractivity contribution in [3.63, 3.8) is 0 Å². The highest BCUT2D eigenvalue weighted by molar-refractivity contribution is 8.13. The maximum Gasteiger partial charge on any atom is 0.360 e. The smallest absolute Gasteiger partial charge is 0.360 e. The zero-order valence-corrected chi connectivity index (χ0v) is 11.1. The summed E-state index contributed by atoms with van der Waals surface area (Å²) in [6, 6.07) is 0. The predicted molar refractivity (Wildman–Crippen MR) is 61.6 cm³/mol. The predicted octanol–water partition coefficient (Wildman–Crippen LogP) is 1.47. The third-order valence-corrected chi connectivity index (χ3v) is 3.41. The number of rotatable bonds is 5. The van der Waals surface area contributed by atoms with E-state index in [2.05, 4.69) is 10.2 Å². The lowest BCUT2D eigenvalue weighted by Crippen LogP contribution is -2.10. The summed E-state index contributed by atoms with van der Waals surface area (Å²) in [5.41, 5.74) is 0.00810. The normalized spacial score (nSPS) is 11.5. The van der Waals surface area contributed by atoms with Crippen molar-refractivity contribution in [3.05, 3.63) is 11.4 Å². The van der Waals surface area contributed by atoms with Crippen LogP contribution in [0, 0.1) is 0 Å². The molecule has 0 aromatic carbocycles. The summed E-state index contributed by atoms with van der Waals surface area (Å²) in [5, 5.41) is 6.12. The van der Waals surface area contributed by atoms with E-state index in [0.29, 0.717) is 18.5 Å². The average molecular weight is 281 g/mol. The van der Waals surface area contributed by atoms with Crippen LogP contribution in [0.3, 0.4) is 0 Å². The molecule has 1 heterocycles. The van der Waals surface area contributed by atoms with Gasteiger partial charge in [0.05, 0.1) is 12.3 Å². The van der Waals surface area contributed by atoms with E-state index in [1.54, 1.807) is 6.92 Å². The van der Waals surface area contributed by atoms with E-state index in [9.17, 15) is 13.2 Å². The first-order chi connectivity index (χ1) is 7.91. The number of hydrogen-bond donors (Lipinski definition) is 1. The number of H-pyrrole nitrogens is 1. The first-order valence-corrected chi connectivity index (χ1v) is 7.41. The zero-order valence-electron chi connectivity index (χ0n) is 9.49. The molecule has 0 fully saturated rings. The summed E-state index contributed by atoms with van der Waals surface area (Å²) >= 11 is 0. The molecule has 8 heteroatoms. The van der Waals surface area contributed by atoms with Gasteiger partial charge in [-0.25, -0.2) is 13.2 Å². The van der Waals surface area contributed by atoms with Crippen molar-refractivity contribution in [1.82, 2.24) is 10.2 Å². The van der Waals surface area contributed by atoms with Crippen molar-refractivity contribution in [2.24, 2.45) is 0 Å². The molecule has 1 rings (SSSR count). The van der Waals surface area contributed by atoms with Crippen molar-refractivity contribution >= 4 is 25.7 Å². The Hall–Kier alpha value is -1.08. The Morgan fingerprint density at radius 3 is 2.59 bits per heavy atom. The lowest BCUT2D eigenvalue weighted by Gasteiger charge is -2.02. The molecule has 0 atom stereocenters. The number of aryl methyl sites for hydroxylation is 1. The molecule has 0 amide bonds. The van der Waals surface area contributed by atoms with Crippen LogP contribution in [0.1, 0.15) is 36.5 Å². The van der Waals surface area contributed by atoms with Crippen LogP contribution in [0.2, 0.25) is 0 Å². The Morgan fingerprint density at radius 2 is 2.12 bits per heavy atom. The van der Waals surface area contributed by atoms with Gasteiger partial charge >= 0.3 is 5.97 Å². The summed E-state index contributed by atoms with van der Waals surface area (Å²) in [6.45, 7) is 3.75. The molecule has 6 nitrogen and oxygen atoms in total. The van der Waals surface area contributed by atoms with E-state index in [-0.39, 0.29) is 17.2 Å². The summed E-state index contributed by atoms with van der Waals surface area (Å²) in [5.74, 6) is -0.790. The summed E-state index contributed by atoms with van der Waals surface area (Å²) in [7, 11) is 1.25. The van der Waals surface area contributed by atoms with Gasteiger partial charge in [0.15, 0.2) is 5.69 Å². The Kier molecular flexibility index (Phi) is 4.53. The lowest BCUT2D eigenvalue weighted by atomic mass is 10.3. The topological polar surface area (TPSA) is 89.1 Å². The van der Waals surface area contributed by atoms with Crippen LogP contribution in [0.4, 0.5) is 0 Å². The minimum absolute atomic E-state index is 0.203. The monoisotopic (exact) mass is 280 g/mol. The van der Waals surface area contributed by atoms with Crippen molar-refractivity contribution in [2.75, 3.05) is 6.61 Å². The van der Waals surface area contributed by atoms with Crippen molar-refractivity contribution in [3.8, 4) is 0 Å². The molecule has 0 aliphatic rings. The number of hydrogen-bond acceptors (Lipinski definition) is 5. The van der Waals surface area contributed by atoms with E-state index in [4.69, 9.17) is 15.4 Å². The molecule has 0 saturated carbocycles. The summed E-state index contributed by atoms with van der Waals surface area (Å²) in [6.07, 6.45) is 1.01. The fraction of sp³-hybridized carbons (Fsp3) is 0.556. The number of nitrogens with zero attached hydrogens (tertiary/aromatic N) is 1.